The van der Waals surface area contributed by atoms with Gasteiger partial charge in [-0.25, -0.2) is 14.4 Å². The van der Waals surface area contributed by atoms with Gasteiger partial charge in [0.1, 0.15) is 18.0 Å². The van der Waals surface area contributed by atoms with Crippen LogP contribution in [0.15, 0.2) is 61.1 Å². The Kier molecular flexibility index (Phi) is 4.44. The van der Waals surface area contributed by atoms with Gasteiger partial charge in [0.15, 0.2) is 5.65 Å². The van der Waals surface area contributed by atoms with Crippen LogP contribution in [0.1, 0.15) is 15.9 Å². The fraction of sp³-hybridized carbons (Fsp3) is 0.0526. The summed E-state index contributed by atoms with van der Waals surface area (Å²) in [7, 11) is 0. The molecule has 8 heteroatoms. The number of anilines is 2. The highest BCUT2D eigenvalue weighted by Crippen LogP contribution is 2.18. The number of carbonyl (C=O) groups excluding carboxylic acids is 1. The van der Waals surface area contributed by atoms with Crippen LogP contribution in [0.2, 0.25) is 0 Å². The normalized spacial score (nSPS) is 10.7. The number of hydrogen-bond donors (Lipinski definition) is 3. The summed E-state index contributed by atoms with van der Waals surface area (Å²) in [4.78, 5) is 20.6. The SMILES string of the molecule is O=C(Nc1cccc(CNc2ncnc3[nH]ncc23)c1)c1cccc(F)c1. The lowest BCUT2D eigenvalue weighted by Crippen LogP contribution is -2.12. The number of H-pyrrole nitrogens is 1. The van der Waals surface area contributed by atoms with Gasteiger partial charge in [0, 0.05) is 17.8 Å². The number of rotatable bonds is 5. The Morgan fingerprint density at radius 3 is 2.89 bits per heavy atom. The number of aromatic nitrogens is 4. The zero-order valence-electron chi connectivity index (χ0n) is 14.1. The Labute approximate surface area is 153 Å². The number of nitrogens with zero attached hydrogens (tertiary/aromatic N) is 3. The molecule has 134 valence electrons. The zero-order chi connectivity index (χ0) is 18.6. The van der Waals surface area contributed by atoms with Crippen molar-refractivity contribution in [3.63, 3.8) is 0 Å². The van der Waals surface area contributed by atoms with Gasteiger partial charge in [-0.05, 0) is 35.9 Å². The highest BCUT2D eigenvalue weighted by Gasteiger charge is 2.08. The van der Waals surface area contributed by atoms with Crippen molar-refractivity contribution < 1.29 is 9.18 Å². The number of halogens is 1. The third-order valence-corrected chi connectivity index (χ3v) is 3.98. The van der Waals surface area contributed by atoms with Crippen LogP contribution < -0.4 is 10.6 Å². The van der Waals surface area contributed by atoms with Crippen LogP contribution in [-0.2, 0) is 6.54 Å². The second-order valence-electron chi connectivity index (χ2n) is 5.87. The summed E-state index contributed by atoms with van der Waals surface area (Å²) in [6.45, 7) is 0.501. The largest absolute Gasteiger partial charge is 0.365 e. The summed E-state index contributed by atoms with van der Waals surface area (Å²) in [6.07, 6.45) is 3.12. The van der Waals surface area contributed by atoms with E-state index in [1.165, 1.54) is 24.5 Å². The first-order valence-electron chi connectivity index (χ1n) is 8.23. The summed E-state index contributed by atoms with van der Waals surface area (Å²) < 4.78 is 13.3. The number of carbonyl (C=O) groups is 1. The van der Waals surface area contributed by atoms with Crippen LogP contribution in [0.5, 0.6) is 0 Å². The van der Waals surface area contributed by atoms with Crippen LogP contribution in [0.4, 0.5) is 15.9 Å². The van der Waals surface area contributed by atoms with E-state index in [1.54, 1.807) is 18.3 Å². The van der Waals surface area contributed by atoms with Crippen molar-refractivity contribution in [3.05, 3.63) is 78.0 Å². The summed E-state index contributed by atoms with van der Waals surface area (Å²) in [5.74, 6) is -0.144. The third kappa shape index (κ3) is 3.74. The molecule has 0 saturated carbocycles. The van der Waals surface area contributed by atoms with Crippen molar-refractivity contribution in [2.24, 2.45) is 0 Å². The topological polar surface area (TPSA) is 95.6 Å². The molecular weight excluding hydrogens is 347 g/mol. The maximum atomic E-state index is 13.3. The first-order valence-corrected chi connectivity index (χ1v) is 8.23. The molecule has 0 bridgehead atoms. The molecule has 0 saturated heterocycles. The molecule has 0 aliphatic heterocycles. The predicted octanol–water partition coefficient (Wildman–Crippen LogP) is 3.36. The molecule has 0 aliphatic carbocycles. The van der Waals surface area contributed by atoms with E-state index in [4.69, 9.17) is 0 Å². The smallest absolute Gasteiger partial charge is 0.255 e. The van der Waals surface area contributed by atoms with Gasteiger partial charge < -0.3 is 10.6 Å². The van der Waals surface area contributed by atoms with Crippen molar-refractivity contribution in [2.75, 3.05) is 10.6 Å². The molecule has 0 spiro atoms. The Morgan fingerprint density at radius 1 is 1.11 bits per heavy atom. The zero-order valence-corrected chi connectivity index (χ0v) is 14.1. The Balaban J connectivity index is 1.46. The molecule has 7 nitrogen and oxygen atoms in total. The average Bonchev–Trinajstić information content (AvgIpc) is 3.16. The van der Waals surface area contributed by atoms with Gasteiger partial charge in [0.25, 0.3) is 5.91 Å². The Bertz CT molecular complexity index is 1110. The number of amides is 1. The van der Waals surface area contributed by atoms with E-state index < -0.39 is 5.82 Å². The highest BCUT2D eigenvalue weighted by molar-refractivity contribution is 6.04. The van der Waals surface area contributed by atoms with Gasteiger partial charge in [-0.1, -0.05) is 18.2 Å². The van der Waals surface area contributed by atoms with Crippen molar-refractivity contribution >= 4 is 28.4 Å². The monoisotopic (exact) mass is 362 g/mol. The van der Waals surface area contributed by atoms with Gasteiger partial charge in [-0.15, -0.1) is 0 Å². The molecule has 0 aliphatic rings. The Hall–Kier alpha value is -3.81. The second-order valence-corrected chi connectivity index (χ2v) is 5.87. The van der Waals surface area contributed by atoms with Crippen LogP contribution >= 0.6 is 0 Å². The van der Waals surface area contributed by atoms with Crippen molar-refractivity contribution in [1.82, 2.24) is 20.2 Å². The molecule has 27 heavy (non-hydrogen) atoms. The quantitative estimate of drug-likeness (QED) is 0.506. The molecule has 4 rings (SSSR count). The molecule has 0 unspecified atom stereocenters. The molecule has 0 fully saturated rings. The number of fused-ring (bicyclic) bond motifs is 1. The molecule has 2 heterocycles. The minimum Gasteiger partial charge on any atom is -0.365 e. The lowest BCUT2D eigenvalue weighted by atomic mass is 10.1. The van der Waals surface area contributed by atoms with E-state index in [-0.39, 0.29) is 11.5 Å². The number of nitrogens with one attached hydrogen (secondary N) is 3. The molecule has 2 aromatic heterocycles. The minimum absolute atomic E-state index is 0.266. The summed E-state index contributed by atoms with van der Waals surface area (Å²) in [6, 6.07) is 13.0. The fourth-order valence-electron chi connectivity index (χ4n) is 2.68. The molecule has 2 aromatic carbocycles. The molecule has 0 atom stereocenters. The highest BCUT2D eigenvalue weighted by atomic mass is 19.1. The molecular formula is C19H15FN6O. The second kappa shape index (κ2) is 7.20. The maximum Gasteiger partial charge on any atom is 0.255 e. The summed E-state index contributed by atoms with van der Waals surface area (Å²) in [5.41, 5.74) is 2.49. The van der Waals surface area contributed by atoms with E-state index >= 15 is 0 Å². The summed E-state index contributed by atoms with van der Waals surface area (Å²) >= 11 is 0. The summed E-state index contributed by atoms with van der Waals surface area (Å²) in [5, 5.41) is 13.6. The van der Waals surface area contributed by atoms with Gasteiger partial charge in [-0.2, -0.15) is 5.10 Å². The van der Waals surface area contributed by atoms with E-state index in [1.807, 2.05) is 18.2 Å². The van der Waals surface area contributed by atoms with Crippen LogP contribution in [0, 0.1) is 5.82 Å². The van der Waals surface area contributed by atoms with Crippen molar-refractivity contribution in [1.29, 1.82) is 0 Å². The molecule has 3 N–H and O–H groups in total. The van der Waals surface area contributed by atoms with Gasteiger partial charge >= 0.3 is 0 Å². The maximum absolute atomic E-state index is 13.3. The average molecular weight is 362 g/mol. The lowest BCUT2D eigenvalue weighted by molar-refractivity contribution is 0.102. The van der Waals surface area contributed by atoms with E-state index in [2.05, 4.69) is 30.8 Å². The van der Waals surface area contributed by atoms with E-state index in [9.17, 15) is 9.18 Å². The Morgan fingerprint density at radius 2 is 2.00 bits per heavy atom. The van der Waals surface area contributed by atoms with Crippen LogP contribution in [0.3, 0.4) is 0 Å². The predicted molar refractivity (Wildman–Crippen MR) is 99.8 cm³/mol. The van der Waals surface area contributed by atoms with Crippen LogP contribution in [0.25, 0.3) is 11.0 Å². The lowest BCUT2D eigenvalue weighted by Gasteiger charge is -2.09. The first-order chi connectivity index (χ1) is 13.2. The van der Waals surface area contributed by atoms with Gasteiger partial charge in [0.2, 0.25) is 0 Å². The minimum atomic E-state index is -0.448. The molecule has 0 radical (unpaired) electrons. The van der Waals surface area contributed by atoms with Gasteiger partial charge in [-0.3, -0.25) is 9.89 Å². The molecule has 4 aromatic rings. The standard InChI is InChI=1S/C19H15FN6O/c20-14-5-2-4-13(8-14)19(27)25-15-6-1-3-12(7-15)9-21-17-16-10-24-26-18(16)23-11-22-17/h1-8,10-11H,9H2,(H,25,27)(H2,21,22,23,24,26). The number of benzene rings is 2. The molecule has 1 amide bonds. The van der Waals surface area contributed by atoms with Crippen LogP contribution in [-0.4, -0.2) is 26.1 Å². The third-order valence-electron chi connectivity index (χ3n) is 3.98. The first kappa shape index (κ1) is 16.6. The number of aromatic amines is 1. The van der Waals surface area contributed by atoms with Crippen molar-refractivity contribution in [3.8, 4) is 0 Å². The van der Waals surface area contributed by atoms with Crippen molar-refractivity contribution in [2.45, 2.75) is 6.54 Å². The number of hydrogen-bond acceptors (Lipinski definition) is 5. The van der Waals surface area contributed by atoms with E-state index in [0.29, 0.717) is 23.7 Å². The van der Waals surface area contributed by atoms with Gasteiger partial charge in [0.05, 0.1) is 11.6 Å². The fourth-order valence-corrected chi connectivity index (χ4v) is 2.68. The van der Waals surface area contributed by atoms with E-state index in [0.717, 1.165) is 10.9 Å².